The van der Waals surface area contributed by atoms with Crippen molar-refractivity contribution in [3.63, 3.8) is 0 Å². The summed E-state index contributed by atoms with van der Waals surface area (Å²) in [6.07, 6.45) is -6.97. The molecule has 56 heavy (non-hydrogen) atoms. The number of phosphoric ester groups is 3. The molecular weight excluding hydrogens is 841 g/mol. The first kappa shape index (κ1) is 47.3. The minimum Gasteiger partial charge on any atom is -0.386 e. The van der Waals surface area contributed by atoms with E-state index in [9.17, 15) is 68.0 Å². The second kappa shape index (κ2) is 20.1. The minimum absolute atomic E-state index is 0.0154. The molecule has 0 aliphatic carbocycles. The van der Waals surface area contributed by atoms with E-state index in [1.165, 1.54) is 13.8 Å². The number of hydrogen-bond donors (Lipinski definition) is 9. The Hall–Kier alpha value is -3.04. The van der Waals surface area contributed by atoms with Gasteiger partial charge in [0.15, 0.2) is 22.8 Å². The Morgan fingerprint density at radius 3 is 2.43 bits per heavy atom. The van der Waals surface area contributed by atoms with E-state index in [2.05, 4.69) is 34.4 Å². The Labute approximate surface area is 320 Å². The molecule has 3 heterocycles. The fourth-order valence-corrected chi connectivity index (χ4v) is 8.27. The zero-order valence-corrected chi connectivity index (χ0v) is 33.0. The first-order valence-electron chi connectivity index (χ1n) is 16.1. The summed E-state index contributed by atoms with van der Waals surface area (Å²) in [5.41, 5.74) is 4.20. The van der Waals surface area contributed by atoms with Crippen LogP contribution in [-0.4, -0.2) is 134 Å². The molecule has 316 valence electrons. The molecule has 1 aliphatic heterocycles. The maximum Gasteiger partial charge on any atom is 0.481 e. The van der Waals surface area contributed by atoms with Crippen LogP contribution in [0.15, 0.2) is 12.7 Å². The number of aliphatic hydroxyl groups excluding tert-OH is 2. The van der Waals surface area contributed by atoms with Crippen molar-refractivity contribution >= 4 is 69.1 Å². The molecule has 1 saturated heterocycles. The van der Waals surface area contributed by atoms with Gasteiger partial charge in [-0.2, -0.15) is 4.31 Å². The van der Waals surface area contributed by atoms with Crippen molar-refractivity contribution in [1.82, 2.24) is 30.2 Å². The molecule has 0 bridgehead atoms. The number of imidazole rings is 1. The third-order valence-electron chi connectivity index (χ3n) is 7.49. The van der Waals surface area contributed by atoms with Gasteiger partial charge in [-0.25, -0.2) is 28.6 Å². The number of carbonyl (C=O) groups is 3. The van der Waals surface area contributed by atoms with Crippen molar-refractivity contribution in [2.45, 2.75) is 63.8 Å². The van der Waals surface area contributed by atoms with Crippen molar-refractivity contribution in [3.05, 3.63) is 22.8 Å². The van der Waals surface area contributed by atoms with Crippen molar-refractivity contribution in [1.29, 1.82) is 0 Å². The molecule has 3 unspecified atom stereocenters. The maximum atomic E-state index is 12.7. The van der Waals surface area contributed by atoms with Gasteiger partial charge < -0.3 is 50.9 Å². The summed E-state index contributed by atoms with van der Waals surface area (Å²) in [6.45, 7) is -0.0952. The number of anilines is 1. The monoisotopic (exact) mass is 882 g/mol. The van der Waals surface area contributed by atoms with Crippen molar-refractivity contribution in [2.24, 2.45) is 5.41 Å². The van der Waals surface area contributed by atoms with Gasteiger partial charge in [0, 0.05) is 48.4 Å². The summed E-state index contributed by atoms with van der Waals surface area (Å²) in [5, 5.41) is 36.2. The van der Waals surface area contributed by atoms with E-state index < -0.39 is 89.5 Å². The second-order valence-corrected chi connectivity index (χ2v) is 17.8. The minimum atomic E-state index is -5.59. The highest BCUT2D eigenvalue weighted by molar-refractivity contribution is 8.13. The van der Waals surface area contributed by atoms with Crippen LogP contribution in [0.1, 0.15) is 39.3 Å². The third-order valence-corrected chi connectivity index (χ3v) is 11.5. The molecule has 0 aromatic carbocycles. The van der Waals surface area contributed by atoms with Gasteiger partial charge in [0.05, 0.1) is 19.5 Å². The Morgan fingerprint density at radius 2 is 1.77 bits per heavy atom. The van der Waals surface area contributed by atoms with Crippen molar-refractivity contribution in [2.75, 3.05) is 44.3 Å². The van der Waals surface area contributed by atoms with E-state index in [1.807, 2.05) is 0 Å². The number of ether oxygens (including phenoxy) is 1. The molecule has 2 aromatic heterocycles. The number of aromatic nitrogens is 4. The molecular formula is C25H41N8O19P3S. The number of nitrogen functional groups attached to an aromatic ring is 1. The zero-order valence-electron chi connectivity index (χ0n) is 29.5. The number of amides is 2. The number of phosphoric acid groups is 3. The lowest BCUT2D eigenvalue weighted by molar-refractivity contribution is -0.480. The van der Waals surface area contributed by atoms with Gasteiger partial charge in [-0.1, -0.05) is 25.6 Å². The number of nitrogens with zero attached hydrogens (tertiary/aromatic N) is 5. The fourth-order valence-electron chi connectivity index (χ4n) is 4.72. The normalized spacial score (nSPS) is 21.6. The Morgan fingerprint density at radius 1 is 1.09 bits per heavy atom. The predicted molar refractivity (Wildman–Crippen MR) is 188 cm³/mol. The van der Waals surface area contributed by atoms with Crippen LogP contribution in [0.5, 0.6) is 0 Å². The van der Waals surface area contributed by atoms with Crippen LogP contribution in [0.3, 0.4) is 0 Å². The lowest BCUT2D eigenvalue weighted by Gasteiger charge is -2.30. The van der Waals surface area contributed by atoms with E-state index in [1.54, 1.807) is 0 Å². The molecule has 27 nitrogen and oxygen atoms in total. The maximum absolute atomic E-state index is 12.7. The number of nitrogens with one attached hydrogen (secondary N) is 2. The van der Waals surface area contributed by atoms with E-state index in [0.29, 0.717) is 0 Å². The SMILES string of the molecule is CC(C)(COP(=O)(O)OP(=O)(O)OC[C@H]1O[C@@H](n2cnc3c(N)ncnc32)[C@H](O)[C@@H]1OP(=O)(O)O)C(O)C(=O)NCCC(=O)NCCSC(=O)CCC[N+](=O)[O-]. The molecule has 0 radical (unpaired) electrons. The molecule has 3 rings (SSSR count). The second-order valence-electron chi connectivity index (χ2n) is 12.4. The van der Waals surface area contributed by atoms with Crippen LogP contribution in [0.4, 0.5) is 5.82 Å². The van der Waals surface area contributed by atoms with E-state index in [0.717, 1.165) is 29.0 Å². The summed E-state index contributed by atoms with van der Waals surface area (Å²) >= 11 is 0.899. The van der Waals surface area contributed by atoms with E-state index >= 15 is 0 Å². The lowest BCUT2D eigenvalue weighted by atomic mass is 9.87. The summed E-state index contributed by atoms with van der Waals surface area (Å²) in [6, 6.07) is 0. The van der Waals surface area contributed by atoms with E-state index in [4.69, 9.17) is 19.5 Å². The topological polar surface area (TPSA) is 407 Å². The number of nitro groups is 1. The van der Waals surface area contributed by atoms with Gasteiger partial charge in [0.1, 0.15) is 36.3 Å². The van der Waals surface area contributed by atoms with Crippen LogP contribution >= 0.6 is 35.2 Å². The summed E-state index contributed by atoms with van der Waals surface area (Å²) in [7, 11) is -16.4. The van der Waals surface area contributed by atoms with Gasteiger partial charge in [0.2, 0.25) is 18.4 Å². The van der Waals surface area contributed by atoms with Gasteiger partial charge in [-0.3, -0.25) is 42.6 Å². The number of carbonyl (C=O) groups excluding carboxylic acids is 3. The number of hydrogen-bond acceptors (Lipinski definition) is 20. The van der Waals surface area contributed by atoms with E-state index in [-0.39, 0.29) is 66.7 Å². The van der Waals surface area contributed by atoms with Crippen LogP contribution in [0.25, 0.3) is 11.2 Å². The van der Waals surface area contributed by atoms with Gasteiger partial charge >= 0.3 is 23.5 Å². The highest BCUT2D eigenvalue weighted by atomic mass is 32.2. The first-order valence-corrected chi connectivity index (χ1v) is 21.6. The number of aliphatic hydroxyl groups is 2. The molecule has 1 aliphatic rings. The van der Waals surface area contributed by atoms with Gasteiger partial charge in [0.25, 0.3) is 0 Å². The smallest absolute Gasteiger partial charge is 0.386 e. The van der Waals surface area contributed by atoms with Gasteiger partial charge in [-0.05, 0) is 0 Å². The van der Waals surface area contributed by atoms with Crippen LogP contribution in [0, 0.1) is 15.5 Å². The highest BCUT2D eigenvalue weighted by Crippen LogP contribution is 2.61. The first-order chi connectivity index (χ1) is 25.9. The van der Waals surface area contributed by atoms with Crippen LogP contribution in [0.2, 0.25) is 0 Å². The molecule has 1 fully saturated rings. The number of thioether (sulfide) groups is 1. The number of nitrogens with two attached hydrogens (primary N) is 1. The predicted octanol–water partition coefficient (Wildman–Crippen LogP) is -1.28. The molecule has 0 saturated carbocycles. The molecule has 2 aromatic rings. The molecule has 10 N–H and O–H groups in total. The summed E-state index contributed by atoms with van der Waals surface area (Å²) < 4.78 is 61.9. The average molecular weight is 883 g/mol. The zero-order chi connectivity index (χ0) is 42.1. The Bertz CT molecular complexity index is 1870. The largest absolute Gasteiger partial charge is 0.481 e. The molecule has 7 atom stereocenters. The van der Waals surface area contributed by atoms with Crippen molar-refractivity contribution in [3.8, 4) is 0 Å². The highest BCUT2D eigenvalue weighted by Gasteiger charge is 2.50. The number of rotatable bonds is 23. The molecule has 0 spiro atoms. The quantitative estimate of drug-likeness (QED) is 0.0272. The van der Waals surface area contributed by atoms with Crippen LogP contribution < -0.4 is 16.4 Å². The fraction of sp³-hybridized carbons (Fsp3) is 0.680. The Balaban J connectivity index is 1.47. The molecule has 31 heteroatoms. The standard InChI is InChI=1S/C25H41N8O19P3S/c1-25(2,20(37)23(38)28-6-5-15(34)27-7-9-56-16(35)4-3-8-33(39)40)11-49-55(46,47)52-54(44,45)48-10-14-19(51-53(41,42)43)18(36)24(50-14)32-13-31-17-21(26)29-12-30-22(17)32/h12-14,18-20,24,36-37H,3-11H2,1-2H3,(H,27,34)(H,28,38)(H,44,45)(H,46,47)(H2,26,29,30)(H2,41,42,43)/t14-,18-,19-,20?,24-/m1/s1. The van der Waals surface area contributed by atoms with Gasteiger partial charge in [-0.15, -0.1) is 0 Å². The summed E-state index contributed by atoms with van der Waals surface area (Å²) in [5.74, 6) is -1.37. The number of fused-ring (bicyclic) bond motifs is 1. The lowest BCUT2D eigenvalue weighted by Crippen LogP contribution is -2.46. The third kappa shape index (κ3) is 14.7. The van der Waals surface area contributed by atoms with Crippen molar-refractivity contribution < 1.29 is 85.4 Å². The Kier molecular flexibility index (Phi) is 17.0. The van der Waals surface area contributed by atoms with Crippen LogP contribution in [-0.2, 0) is 50.7 Å². The average Bonchev–Trinajstić information content (AvgIpc) is 3.64. The summed E-state index contributed by atoms with van der Waals surface area (Å²) in [4.78, 5) is 96.8. The molecule has 2 amide bonds.